The summed E-state index contributed by atoms with van der Waals surface area (Å²) < 4.78 is 13.4. The van der Waals surface area contributed by atoms with Crippen LogP contribution in [0.3, 0.4) is 0 Å². The second kappa shape index (κ2) is 12.7. The van der Waals surface area contributed by atoms with Gasteiger partial charge in [0, 0.05) is 21.2 Å². The van der Waals surface area contributed by atoms with Crippen LogP contribution in [0, 0.1) is 5.41 Å². The van der Waals surface area contributed by atoms with Crippen molar-refractivity contribution in [3.8, 4) is 0 Å². The molecule has 12 heteroatoms. The zero-order chi connectivity index (χ0) is 20.3. The van der Waals surface area contributed by atoms with Crippen LogP contribution in [0.4, 0.5) is 0 Å². The lowest BCUT2D eigenvalue weighted by molar-refractivity contribution is -0.152. The summed E-state index contributed by atoms with van der Waals surface area (Å²) in [5.74, 6) is -2.22. The molecule has 3 atom stereocenters. The summed E-state index contributed by atoms with van der Waals surface area (Å²) in [7, 11) is 0. The Bertz CT molecular complexity index is 410. The van der Waals surface area contributed by atoms with Gasteiger partial charge in [-0.15, -0.1) is 0 Å². The zero-order valence-electron chi connectivity index (χ0n) is 14.1. The first-order valence-corrected chi connectivity index (χ1v) is 9.01. The Morgan fingerprint density at radius 2 is 0.962 bits per heavy atom. The van der Waals surface area contributed by atoms with Crippen molar-refractivity contribution in [2.45, 2.75) is 41.9 Å². The highest BCUT2D eigenvalue weighted by Gasteiger charge is 2.46. The Morgan fingerprint density at radius 1 is 0.731 bits per heavy atom. The average molecular weight is 433 g/mol. The molecule has 0 aliphatic carbocycles. The lowest BCUT2D eigenvalue weighted by atomic mass is 9.75. The first-order chi connectivity index (χ1) is 12.1. The molecule has 0 aliphatic rings. The third-order valence-electron chi connectivity index (χ3n) is 3.91. The highest BCUT2D eigenvalue weighted by molar-refractivity contribution is 7.83. The first-order valence-electron chi connectivity index (χ1n) is 7.47. The fourth-order valence-corrected chi connectivity index (χ4v) is 4.07. The van der Waals surface area contributed by atoms with Gasteiger partial charge in [0.1, 0.15) is 0 Å². The molecule has 26 heavy (non-hydrogen) atoms. The molecule has 0 aromatic carbocycles. The Labute approximate surface area is 167 Å². The monoisotopic (exact) mass is 432 g/mol. The number of hydrogen-bond donors (Lipinski definition) is 6. The van der Waals surface area contributed by atoms with Crippen LogP contribution < -0.4 is 0 Å². The van der Waals surface area contributed by atoms with Crippen molar-refractivity contribution in [1.82, 2.24) is 0 Å². The van der Waals surface area contributed by atoms with E-state index in [9.17, 15) is 14.4 Å². The van der Waals surface area contributed by atoms with Gasteiger partial charge in [-0.3, -0.25) is 14.4 Å². The molecule has 0 aliphatic heterocycles. The highest BCUT2D eigenvalue weighted by atomic mass is 32.1. The third-order valence-corrected chi connectivity index (χ3v) is 6.13. The smallest absolute Gasteiger partial charge is 0.309 e. The minimum absolute atomic E-state index is 0.252. The predicted octanol–water partition coefficient (Wildman–Crippen LogP) is -0.463. The van der Waals surface area contributed by atoms with E-state index in [1.807, 2.05) is 0 Å². The molecule has 0 bridgehead atoms. The van der Waals surface area contributed by atoms with E-state index in [-0.39, 0.29) is 19.3 Å². The van der Waals surface area contributed by atoms with Gasteiger partial charge in [0.25, 0.3) is 0 Å². The largest absolute Gasteiger partial charge is 0.439 e. The van der Waals surface area contributed by atoms with Gasteiger partial charge in [-0.05, 0) is 0 Å². The lowest BCUT2D eigenvalue weighted by Crippen LogP contribution is -2.47. The summed E-state index contributed by atoms with van der Waals surface area (Å²) in [6, 6.07) is 0. The van der Waals surface area contributed by atoms with Gasteiger partial charge in [0.15, 0.2) is 20.4 Å². The predicted molar refractivity (Wildman–Crippen MR) is 99.8 cm³/mol. The van der Waals surface area contributed by atoms with Gasteiger partial charge in [0.05, 0.1) is 19.3 Å². The molecule has 3 unspecified atom stereocenters. The Balaban J connectivity index is 5.42. The van der Waals surface area contributed by atoms with Crippen molar-refractivity contribution >= 4 is 55.8 Å². The fourth-order valence-electron chi connectivity index (χ4n) is 2.19. The molecule has 0 radical (unpaired) electrons. The quantitative estimate of drug-likeness (QED) is 0.105. The Morgan fingerprint density at radius 3 is 1.15 bits per heavy atom. The average Bonchev–Trinajstić information content (AvgIpc) is 2.54. The van der Waals surface area contributed by atoms with Crippen molar-refractivity contribution in [2.75, 3.05) is 20.4 Å². The molecule has 0 aromatic heterocycles. The molecule has 9 nitrogen and oxygen atoms in total. The maximum atomic E-state index is 11.7. The number of aliphatic hydroxyl groups excluding tert-OH is 3. The van der Waals surface area contributed by atoms with Gasteiger partial charge < -0.3 is 29.5 Å². The summed E-state index contributed by atoms with van der Waals surface area (Å²) in [4.78, 5) is 35.0. The van der Waals surface area contributed by atoms with E-state index < -0.39 is 59.5 Å². The van der Waals surface area contributed by atoms with Gasteiger partial charge in [-0.2, -0.15) is 37.9 Å². The van der Waals surface area contributed by atoms with Crippen LogP contribution in [0.2, 0.25) is 0 Å². The van der Waals surface area contributed by atoms with Crippen LogP contribution in [0.15, 0.2) is 0 Å². The molecule has 0 aromatic rings. The topological polar surface area (TPSA) is 140 Å². The van der Waals surface area contributed by atoms with Gasteiger partial charge in [0.2, 0.25) is 0 Å². The van der Waals surface area contributed by atoms with Crippen LogP contribution in [0.1, 0.15) is 26.2 Å². The maximum Gasteiger partial charge on any atom is 0.309 e. The normalized spacial score (nSPS) is 16.7. The van der Waals surface area contributed by atoms with E-state index in [2.05, 4.69) is 52.1 Å². The lowest BCUT2D eigenvalue weighted by Gasteiger charge is -2.43. The van der Waals surface area contributed by atoms with Crippen molar-refractivity contribution < 1.29 is 43.9 Å². The fraction of sp³-hybridized carbons (Fsp3) is 0.786. The van der Waals surface area contributed by atoms with E-state index in [4.69, 9.17) is 15.3 Å². The number of esters is 3. The SMILES string of the molecule is CC(C(S)CC(=O)OCO)(C(S)CC(=O)OCO)C(S)CC(=O)OCO. The first kappa shape index (κ1) is 25.3. The number of aliphatic hydroxyl groups is 3. The van der Waals surface area contributed by atoms with Crippen LogP contribution >= 0.6 is 37.9 Å². The molecule has 3 N–H and O–H groups in total. The minimum Gasteiger partial charge on any atom is -0.439 e. The van der Waals surface area contributed by atoms with Crippen molar-refractivity contribution in [3.05, 3.63) is 0 Å². The summed E-state index contributed by atoms with van der Waals surface area (Å²) >= 11 is 13.2. The second-order valence-corrected chi connectivity index (χ2v) is 7.33. The van der Waals surface area contributed by atoms with Crippen LogP contribution in [0.25, 0.3) is 0 Å². The molecule has 0 fully saturated rings. The molecule has 0 saturated carbocycles. The van der Waals surface area contributed by atoms with Crippen molar-refractivity contribution in [3.63, 3.8) is 0 Å². The molecule has 0 spiro atoms. The standard InChI is InChI=1S/C14H24O9S3/c1-14(8(24)2-11(18)21-5-15,9(25)3-12(19)22-6-16)10(26)4-13(20)23-7-17/h8-10,15-17,24-26H,2-7H2,1H3. The third kappa shape index (κ3) is 7.92. The van der Waals surface area contributed by atoms with E-state index in [1.54, 1.807) is 6.92 Å². The number of ether oxygens (including phenoxy) is 3. The van der Waals surface area contributed by atoms with Crippen molar-refractivity contribution in [1.29, 1.82) is 0 Å². The second-order valence-electron chi connectivity index (χ2n) is 5.46. The summed E-state index contributed by atoms with van der Waals surface area (Å²) in [5.41, 5.74) is -1.09. The van der Waals surface area contributed by atoms with Crippen molar-refractivity contribution in [2.24, 2.45) is 5.41 Å². The van der Waals surface area contributed by atoms with E-state index in [0.29, 0.717) is 0 Å². The summed E-state index contributed by atoms with van der Waals surface area (Å²) in [6.07, 6.45) is -0.755. The van der Waals surface area contributed by atoms with Gasteiger partial charge >= 0.3 is 17.9 Å². The highest BCUT2D eigenvalue weighted by Crippen LogP contribution is 2.44. The summed E-state index contributed by atoms with van der Waals surface area (Å²) in [6.45, 7) is -0.770. The Hall–Kier alpha value is -0.660. The maximum absolute atomic E-state index is 11.7. The molecular formula is C14H24O9S3. The van der Waals surface area contributed by atoms with E-state index >= 15 is 0 Å². The number of rotatable bonds is 12. The number of carbonyl (C=O) groups is 3. The van der Waals surface area contributed by atoms with E-state index in [1.165, 1.54) is 0 Å². The van der Waals surface area contributed by atoms with E-state index in [0.717, 1.165) is 0 Å². The zero-order valence-corrected chi connectivity index (χ0v) is 16.8. The molecule has 0 heterocycles. The van der Waals surface area contributed by atoms with Crippen LogP contribution in [0.5, 0.6) is 0 Å². The number of thiol groups is 3. The Kier molecular flexibility index (Phi) is 12.4. The molecular weight excluding hydrogens is 408 g/mol. The molecule has 0 rings (SSSR count). The van der Waals surface area contributed by atoms with Crippen LogP contribution in [-0.4, -0.2) is 69.4 Å². The molecule has 152 valence electrons. The minimum atomic E-state index is -1.09. The molecule has 0 saturated heterocycles. The number of carbonyl (C=O) groups excluding carboxylic acids is 3. The van der Waals surface area contributed by atoms with Gasteiger partial charge in [-0.1, -0.05) is 6.92 Å². The summed E-state index contributed by atoms with van der Waals surface area (Å²) in [5, 5.41) is 23.7. The number of hydrogen-bond acceptors (Lipinski definition) is 12. The molecule has 0 amide bonds. The van der Waals surface area contributed by atoms with Gasteiger partial charge in [-0.25, -0.2) is 0 Å². The van der Waals surface area contributed by atoms with Crippen LogP contribution in [-0.2, 0) is 28.6 Å².